The van der Waals surface area contributed by atoms with Gasteiger partial charge in [-0.1, -0.05) is 6.92 Å². The third-order valence-corrected chi connectivity index (χ3v) is 2.45. The highest BCUT2D eigenvalue weighted by Crippen LogP contribution is 2.24. The Balaban J connectivity index is 2.22. The van der Waals surface area contributed by atoms with E-state index in [1.165, 1.54) is 0 Å². The fourth-order valence-corrected chi connectivity index (χ4v) is 1.57. The van der Waals surface area contributed by atoms with Crippen molar-refractivity contribution in [1.82, 2.24) is 4.90 Å². The standard InChI is InChI=1S/C9H16N2O/c1-3-9(12)6-11(7-9)5-8(2)4-10/h8,12H,3,5-7H2,1-2H3. The van der Waals surface area contributed by atoms with Crippen LogP contribution in [0.25, 0.3) is 0 Å². The van der Waals surface area contributed by atoms with Gasteiger partial charge in [-0.15, -0.1) is 0 Å². The van der Waals surface area contributed by atoms with Crippen LogP contribution >= 0.6 is 0 Å². The zero-order valence-corrected chi connectivity index (χ0v) is 7.75. The first kappa shape index (κ1) is 9.50. The van der Waals surface area contributed by atoms with Crippen molar-refractivity contribution in [1.29, 1.82) is 5.26 Å². The van der Waals surface area contributed by atoms with Gasteiger partial charge in [0.15, 0.2) is 0 Å². The Kier molecular flexibility index (Phi) is 2.71. The summed E-state index contributed by atoms with van der Waals surface area (Å²) in [5.41, 5.74) is -0.463. The lowest BCUT2D eigenvalue weighted by Gasteiger charge is -2.46. The summed E-state index contributed by atoms with van der Waals surface area (Å²) in [6.07, 6.45) is 0.810. The van der Waals surface area contributed by atoms with Crippen LogP contribution in [-0.2, 0) is 0 Å². The summed E-state index contributed by atoms with van der Waals surface area (Å²) in [6.45, 7) is 6.15. The van der Waals surface area contributed by atoms with Gasteiger partial charge in [-0.25, -0.2) is 0 Å². The van der Waals surface area contributed by atoms with Crippen LogP contribution in [0, 0.1) is 17.2 Å². The highest BCUT2D eigenvalue weighted by molar-refractivity contribution is 4.96. The van der Waals surface area contributed by atoms with Crippen LogP contribution in [0.4, 0.5) is 0 Å². The molecule has 1 heterocycles. The number of rotatable bonds is 3. The maximum atomic E-state index is 9.65. The van der Waals surface area contributed by atoms with Crippen LogP contribution in [0.2, 0.25) is 0 Å². The van der Waals surface area contributed by atoms with Crippen molar-refractivity contribution in [3.63, 3.8) is 0 Å². The lowest BCUT2D eigenvalue weighted by molar-refractivity contribution is -0.101. The van der Waals surface area contributed by atoms with Crippen molar-refractivity contribution < 1.29 is 5.11 Å². The molecule has 1 N–H and O–H groups in total. The first-order valence-corrected chi connectivity index (χ1v) is 4.44. The van der Waals surface area contributed by atoms with Crippen molar-refractivity contribution in [2.75, 3.05) is 19.6 Å². The quantitative estimate of drug-likeness (QED) is 0.671. The van der Waals surface area contributed by atoms with Crippen LogP contribution in [0.3, 0.4) is 0 Å². The molecule has 1 aliphatic heterocycles. The Labute approximate surface area is 73.6 Å². The molecule has 0 bridgehead atoms. The number of nitrogens with zero attached hydrogens (tertiary/aromatic N) is 2. The van der Waals surface area contributed by atoms with E-state index in [-0.39, 0.29) is 5.92 Å². The minimum Gasteiger partial charge on any atom is -0.387 e. The Bertz CT molecular complexity index is 191. The SMILES string of the molecule is CCC1(O)CN(CC(C)C#N)C1. The van der Waals surface area contributed by atoms with Gasteiger partial charge < -0.3 is 5.11 Å². The summed E-state index contributed by atoms with van der Waals surface area (Å²) in [6, 6.07) is 2.19. The maximum Gasteiger partial charge on any atom is 0.0897 e. The van der Waals surface area contributed by atoms with Crippen molar-refractivity contribution in [3.05, 3.63) is 0 Å². The van der Waals surface area contributed by atoms with Gasteiger partial charge in [0.1, 0.15) is 0 Å². The van der Waals surface area contributed by atoms with E-state index < -0.39 is 5.60 Å². The fourth-order valence-electron chi connectivity index (χ4n) is 1.57. The highest BCUT2D eigenvalue weighted by atomic mass is 16.3. The maximum absolute atomic E-state index is 9.65. The minimum atomic E-state index is -0.463. The Hall–Kier alpha value is -0.590. The molecule has 3 heteroatoms. The first-order valence-electron chi connectivity index (χ1n) is 4.44. The number of β-amino-alcohol motifs (C(OH)–C–C–N with tert-alkyl or cyclic N) is 1. The van der Waals surface area contributed by atoms with Gasteiger partial charge in [-0.3, -0.25) is 4.90 Å². The van der Waals surface area contributed by atoms with Gasteiger partial charge in [0.2, 0.25) is 0 Å². The van der Waals surface area contributed by atoms with E-state index in [0.717, 1.165) is 26.1 Å². The van der Waals surface area contributed by atoms with Gasteiger partial charge in [0, 0.05) is 19.6 Å². The summed E-state index contributed by atoms with van der Waals surface area (Å²) in [5, 5.41) is 18.2. The van der Waals surface area contributed by atoms with Crippen LogP contribution in [0.1, 0.15) is 20.3 Å². The Morgan fingerprint density at radius 1 is 1.67 bits per heavy atom. The topological polar surface area (TPSA) is 47.3 Å². The molecule has 0 saturated carbocycles. The highest BCUT2D eigenvalue weighted by Gasteiger charge is 2.39. The number of likely N-dealkylation sites (tertiary alicyclic amines) is 1. The largest absolute Gasteiger partial charge is 0.387 e. The smallest absolute Gasteiger partial charge is 0.0897 e. The number of hydrogen-bond donors (Lipinski definition) is 1. The molecule has 0 amide bonds. The average molecular weight is 168 g/mol. The summed E-state index contributed by atoms with van der Waals surface area (Å²) >= 11 is 0. The van der Waals surface area contributed by atoms with E-state index in [4.69, 9.17) is 5.26 Å². The molecule has 1 rings (SSSR count). The molecule has 1 saturated heterocycles. The van der Waals surface area contributed by atoms with E-state index in [0.29, 0.717) is 0 Å². The summed E-state index contributed by atoms with van der Waals surface area (Å²) in [7, 11) is 0. The zero-order chi connectivity index (χ0) is 9.19. The molecule has 1 fully saturated rings. The molecule has 1 unspecified atom stereocenters. The summed E-state index contributed by atoms with van der Waals surface area (Å²) in [4.78, 5) is 2.12. The van der Waals surface area contributed by atoms with Crippen LogP contribution in [0.15, 0.2) is 0 Å². The molecular formula is C9H16N2O. The number of aliphatic hydroxyl groups is 1. The lowest BCUT2D eigenvalue weighted by Crippen LogP contribution is -2.61. The average Bonchev–Trinajstić information content (AvgIpc) is 2.01. The molecule has 1 aliphatic rings. The number of nitriles is 1. The third-order valence-electron chi connectivity index (χ3n) is 2.45. The summed E-state index contributed by atoms with van der Waals surface area (Å²) in [5.74, 6) is 0.0754. The van der Waals surface area contributed by atoms with E-state index >= 15 is 0 Å². The van der Waals surface area contributed by atoms with Crippen LogP contribution in [-0.4, -0.2) is 35.2 Å². The van der Waals surface area contributed by atoms with Crippen molar-refractivity contribution in [2.24, 2.45) is 5.92 Å². The second kappa shape index (κ2) is 3.42. The molecule has 0 aromatic carbocycles. The Morgan fingerprint density at radius 3 is 2.67 bits per heavy atom. The second-order valence-electron chi connectivity index (χ2n) is 3.78. The van der Waals surface area contributed by atoms with Gasteiger partial charge >= 0.3 is 0 Å². The second-order valence-corrected chi connectivity index (χ2v) is 3.78. The molecule has 68 valence electrons. The van der Waals surface area contributed by atoms with Gasteiger partial charge in [-0.05, 0) is 13.3 Å². The van der Waals surface area contributed by atoms with Gasteiger partial charge in [0.25, 0.3) is 0 Å². The van der Waals surface area contributed by atoms with Crippen molar-refractivity contribution in [3.8, 4) is 6.07 Å². The summed E-state index contributed by atoms with van der Waals surface area (Å²) < 4.78 is 0. The molecule has 12 heavy (non-hydrogen) atoms. The van der Waals surface area contributed by atoms with Crippen LogP contribution in [0.5, 0.6) is 0 Å². The predicted octanol–water partition coefficient (Wildman–Crippen LogP) is 0.603. The first-order chi connectivity index (χ1) is 5.59. The van der Waals surface area contributed by atoms with Crippen LogP contribution < -0.4 is 0 Å². The molecule has 0 aromatic heterocycles. The number of hydrogen-bond acceptors (Lipinski definition) is 3. The van der Waals surface area contributed by atoms with E-state index in [1.54, 1.807) is 0 Å². The molecule has 0 aliphatic carbocycles. The fraction of sp³-hybridized carbons (Fsp3) is 0.889. The normalized spacial score (nSPS) is 24.2. The molecule has 0 aromatic rings. The zero-order valence-electron chi connectivity index (χ0n) is 7.75. The predicted molar refractivity (Wildman–Crippen MR) is 46.5 cm³/mol. The third kappa shape index (κ3) is 1.96. The monoisotopic (exact) mass is 168 g/mol. The van der Waals surface area contributed by atoms with E-state index in [9.17, 15) is 5.11 Å². The molecule has 0 spiro atoms. The molecular weight excluding hydrogens is 152 g/mol. The van der Waals surface area contributed by atoms with Gasteiger partial charge in [0.05, 0.1) is 17.6 Å². The lowest BCUT2D eigenvalue weighted by atomic mass is 9.90. The molecule has 1 atom stereocenters. The van der Waals surface area contributed by atoms with E-state index in [2.05, 4.69) is 11.0 Å². The minimum absolute atomic E-state index is 0.0754. The molecule has 3 nitrogen and oxygen atoms in total. The van der Waals surface area contributed by atoms with Gasteiger partial charge in [-0.2, -0.15) is 5.26 Å². The van der Waals surface area contributed by atoms with E-state index in [1.807, 2.05) is 13.8 Å². The molecule has 0 radical (unpaired) electrons. The Morgan fingerprint density at radius 2 is 2.25 bits per heavy atom. The van der Waals surface area contributed by atoms with Crippen molar-refractivity contribution >= 4 is 0 Å². The van der Waals surface area contributed by atoms with Crippen molar-refractivity contribution in [2.45, 2.75) is 25.9 Å².